The molecule has 0 aliphatic rings. The molecule has 0 aromatic rings. The molecule has 0 radical (unpaired) electrons. The second kappa shape index (κ2) is 15.7. The number of nitrogens with two attached hydrogens (primary N) is 1. The molecule has 0 aliphatic carbocycles. The summed E-state index contributed by atoms with van der Waals surface area (Å²) in [6.45, 7) is 3.85. The van der Waals surface area contributed by atoms with Gasteiger partial charge in [0.25, 0.3) is 0 Å². The molecule has 0 saturated carbocycles. The molecule has 0 amide bonds. The third-order valence-electron chi connectivity index (χ3n) is 0.289. The van der Waals surface area contributed by atoms with E-state index in [1.807, 2.05) is 0 Å². The smallest absolute Gasteiger partial charge is 0.550 e. The van der Waals surface area contributed by atoms with E-state index in [1.165, 1.54) is 0 Å². The van der Waals surface area contributed by atoms with Crippen molar-refractivity contribution in [1.29, 1.82) is 0 Å². The molecule has 0 heterocycles. The van der Waals surface area contributed by atoms with Gasteiger partial charge in [-0.2, -0.15) is 0 Å². The van der Waals surface area contributed by atoms with Gasteiger partial charge in [-0.3, -0.25) is 0 Å². The van der Waals surface area contributed by atoms with Gasteiger partial charge in [-0.25, -0.2) is 0 Å². The molecule has 0 atom stereocenters. The summed E-state index contributed by atoms with van der Waals surface area (Å²) in [4.78, 5) is 8.89. The molecule has 0 aliphatic heterocycles. The first kappa shape index (κ1) is 16.0. The van der Waals surface area contributed by atoms with Crippen molar-refractivity contribution in [2.75, 3.05) is 6.54 Å². The van der Waals surface area contributed by atoms with Gasteiger partial charge < -0.3 is 15.6 Å². The summed E-state index contributed by atoms with van der Waals surface area (Å²) in [5.41, 5.74) is 5.03. The fourth-order valence-electron chi connectivity index (χ4n) is 0. The van der Waals surface area contributed by atoms with Crippen LogP contribution in [0.15, 0.2) is 0 Å². The summed E-state index contributed by atoms with van der Waals surface area (Å²) in [6.07, 6.45) is 1.10. The van der Waals surface area contributed by atoms with Crippen molar-refractivity contribution in [3.05, 3.63) is 0 Å². The van der Waals surface area contributed by atoms with Crippen LogP contribution in [0.5, 0.6) is 0 Å². The van der Waals surface area contributed by atoms with Gasteiger partial charge >= 0.3 is 17.1 Å². The van der Waals surface area contributed by atoms with Crippen LogP contribution >= 0.6 is 0 Å². The molecule has 4 heteroatoms. The Kier molecular flexibility index (Phi) is 27.8. The average Bonchev–Trinajstić information content (AvgIpc) is 1.65. The second-order valence-electron chi connectivity index (χ2n) is 1.28. The Bertz CT molecular complexity index is 52.9. The molecule has 0 aromatic heterocycles. The first-order valence-corrected chi connectivity index (χ1v) is 2.52. The molecule has 3 nitrogen and oxygen atoms in total. The Morgan fingerprint density at radius 2 is 1.78 bits per heavy atom. The predicted octanol–water partition coefficient (Wildman–Crippen LogP) is -0.891. The summed E-state index contributed by atoms with van der Waals surface area (Å²) in [5, 5.41) is 8.89. The largest absolute Gasteiger partial charge is 1.00 e. The van der Waals surface area contributed by atoms with Gasteiger partial charge in [0, 0.05) is 5.97 Å². The van der Waals surface area contributed by atoms with E-state index < -0.39 is 5.97 Å². The number of carbonyl (C=O) groups excluding carboxylic acids is 1. The number of carboxylic acid groups (broad SMARTS) is 1. The van der Waals surface area contributed by atoms with Crippen LogP contribution in [0.4, 0.5) is 0 Å². The number of hydrogen-bond acceptors (Lipinski definition) is 3. The van der Waals surface area contributed by atoms with Crippen LogP contribution in [0.25, 0.3) is 0 Å². The molecular formula is C5H12CuNO2. The first-order chi connectivity index (χ1) is 3.65. The number of hydrogen-bond donors (Lipinski definition) is 1. The van der Waals surface area contributed by atoms with Crippen molar-refractivity contribution in [2.45, 2.75) is 20.3 Å². The van der Waals surface area contributed by atoms with Gasteiger partial charge in [-0.15, -0.1) is 0 Å². The predicted molar refractivity (Wildman–Crippen MR) is 30.0 cm³/mol. The van der Waals surface area contributed by atoms with Gasteiger partial charge in [-0.1, -0.05) is 6.92 Å². The van der Waals surface area contributed by atoms with E-state index in [-0.39, 0.29) is 17.1 Å². The second-order valence-corrected chi connectivity index (χ2v) is 1.28. The summed E-state index contributed by atoms with van der Waals surface area (Å²) in [7, 11) is 0. The Morgan fingerprint density at radius 3 is 1.78 bits per heavy atom. The van der Waals surface area contributed by atoms with Gasteiger partial charge in [0.2, 0.25) is 0 Å². The zero-order chi connectivity index (χ0) is 6.99. The molecule has 0 unspecified atom stereocenters. The minimum atomic E-state index is -1.08. The molecule has 9 heavy (non-hydrogen) atoms. The zero-order valence-electron chi connectivity index (χ0n) is 5.61. The first-order valence-electron chi connectivity index (χ1n) is 2.52. The monoisotopic (exact) mass is 181 g/mol. The number of aliphatic carboxylic acids is 1. The van der Waals surface area contributed by atoms with Gasteiger partial charge in [-0.05, 0) is 19.9 Å². The van der Waals surface area contributed by atoms with Crippen molar-refractivity contribution in [1.82, 2.24) is 0 Å². The maximum absolute atomic E-state index is 8.89. The van der Waals surface area contributed by atoms with Crippen LogP contribution in [0, 0.1) is 0 Å². The summed E-state index contributed by atoms with van der Waals surface area (Å²) < 4.78 is 0. The standard InChI is InChI=1S/C3H9N.C2H4O2.Cu/c1-2-3-4;1-2(3)4;/h2-4H2,1H3;1H3,(H,3,4);/q;;+1/p-1. The van der Waals surface area contributed by atoms with Crippen LogP contribution < -0.4 is 10.8 Å². The molecule has 0 rings (SSSR count). The Labute approximate surface area is 66.1 Å². The van der Waals surface area contributed by atoms with Crippen LogP contribution in [-0.4, -0.2) is 12.5 Å². The maximum atomic E-state index is 8.89. The van der Waals surface area contributed by atoms with E-state index in [2.05, 4.69) is 6.92 Å². The van der Waals surface area contributed by atoms with Crippen LogP contribution in [0.3, 0.4) is 0 Å². The average molecular weight is 182 g/mol. The molecular weight excluding hydrogens is 170 g/mol. The van der Waals surface area contributed by atoms with Gasteiger partial charge in [0.15, 0.2) is 0 Å². The van der Waals surface area contributed by atoms with Crippen molar-refractivity contribution in [2.24, 2.45) is 5.73 Å². The zero-order valence-corrected chi connectivity index (χ0v) is 6.55. The van der Waals surface area contributed by atoms with E-state index >= 15 is 0 Å². The summed E-state index contributed by atoms with van der Waals surface area (Å²) in [5.74, 6) is -1.08. The van der Waals surface area contributed by atoms with Crippen LogP contribution in [0.1, 0.15) is 20.3 Å². The Morgan fingerprint density at radius 1 is 1.67 bits per heavy atom. The Balaban J connectivity index is -0.0000000720. The Hall–Kier alpha value is -0.0505. The number of rotatable bonds is 1. The summed E-state index contributed by atoms with van der Waals surface area (Å²) in [6, 6.07) is 0. The molecule has 60 valence electrons. The molecule has 0 fully saturated rings. The molecule has 2 N–H and O–H groups in total. The number of carboxylic acids is 1. The van der Waals surface area contributed by atoms with Crippen molar-refractivity contribution >= 4 is 5.97 Å². The normalized spacial score (nSPS) is 6.11. The quantitative estimate of drug-likeness (QED) is 0.534. The third kappa shape index (κ3) is 312. The fraction of sp³-hybridized carbons (Fsp3) is 0.800. The van der Waals surface area contributed by atoms with Crippen LogP contribution in [0.2, 0.25) is 0 Å². The van der Waals surface area contributed by atoms with Crippen LogP contribution in [-0.2, 0) is 21.9 Å². The topological polar surface area (TPSA) is 66.1 Å². The third-order valence-corrected chi connectivity index (χ3v) is 0.289. The van der Waals surface area contributed by atoms with Gasteiger partial charge in [0.05, 0.1) is 0 Å². The van der Waals surface area contributed by atoms with E-state index in [0.717, 1.165) is 19.9 Å². The SMILES string of the molecule is CC(=O)[O-].CCCN.[Cu+]. The minimum Gasteiger partial charge on any atom is -0.550 e. The molecule has 0 bridgehead atoms. The molecule has 0 spiro atoms. The maximum Gasteiger partial charge on any atom is 1.00 e. The van der Waals surface area contributed by atoms with E-state index in [1.54, 1.807) is 0 Å². The fourth-order valence-corrected chi connectivity index (χ4v) is 0. The van der Waals surface area contributed by atoms with E-state index in [4.69, 9.17) is 15.6 Å². The summed E-state index contributed by atoms with van der Waals surface area (Å²) >= 11 is 0. The molecule has 0 aromatic carbocycles. The minimum absolute atomic E-state index is 0. The van der Waals surface area contributed by atoms with E-state index in [9.17, 15) is 0 Å². The van der Waals surface area contributed by atoms with Crippen molar-refractivity contribution in [3.63, 3.8) is 0 Å². The number of carbonyl (C=O) groups is 1. The molecule has 0 saturated heterocycles. The van der Waals surface area contributed by atoms with Gasteiger partial charge in [0.1, 0.15) is 0 Å². The van der Waals surface area contributed by atoms with Crippen molar-refractivity contribution < 1.29 is 27.0 Å². The van der Waals surface area contributed by atoms with E-state index in [0.29, 0.717) is 0 Å². The van der Waals surface area contributed by atoms with Crippen molar-refractivity contribution in [3.8, 4) is 0 Å².